The van der Waals surface area contributed by atoms with Gasteiger partial charge in [-0.15, -0.1) is 0 Å². The second kappa shape index (κ2) is 9.20. The van der Waals surface area contributed by atoms with Gasteiger partial charge in [0.15, 0.2) is 0 Å². The van der Waals surface area contributed by atoms with E-state index in [1.54, 1.807) is 0 Å². The number of hydrogen-bond acceptors (Lipinski definition) is 3. The molecule has 0 aromatic heterocycles. The first kappa shape index (κ1) is 18.2. The molecule has 1 aromatic carbocycles. The summed E-state index contributed by atoms with van der Waals surface area (Å²) in [7, 11) is 0. The van der Waals surface area contributed by atoms with E-state index < -0.39 is 0 Å². The number of rotatable bonds is 5. The van der Waals surface area contributed by atoms with E-state index >= 15 is 0 Å². The van der Waals surface area contributed by atoms with Gasteiger partial charge in [0, 0.05) is 31.8 Å². The lowest BCUT2D eigenvalue weighted by molar-refractivity contribution is 0.00217. The number of carbonyl (C=O) groups is 1. The topological polar surface area (TPSA) is 53.6 Å². The molecule has 0 radical (unpaired) electrons. The SMILES string of the molecule is CCCN1CCC(NC(=O)NC2CCOC(c3ccccc3)C2)CC1. The molecule has 5 nitrogen and oxygen atoms in total. The predicted molar refractivity (Wildman–Crippen MR) is 99.6 cm³/mol. The number of hydrogen-bond donors (Lipinski definition) is 2. The highest BCUT2D eigenvalue weighted by Gasteiger charge is 2.26. The number of nitrogens with zero attached hydrogens (tertiary/aromatic N) is 1. The highest BCUT2D eigenvalue weighted by atomic mass is 16.5. The zero-order valence-corrected chi connectivity index (χ0v) is 15.2. The Balaban J connectivity index is 1.42. The van der Waals surface area contributed by atoms with Crippen molar-refractivity contribution < 1.29 is 9.53 Å². The van der Waals surface area contributed by atoms with E-state index in [2.05, 4.69) is 34.6 Å². The number of piperidine rings is 1. The van der Waals surface area contributed by atoms with Crippen LogP contribution in [0.15, 0.2) is 30.3 Å². The Morgan fingerprint density at radius 1 is 1.12 bits per heavy atom. The lowest BCUT2D eigenvalue weighted by Crippen LogP contribution is -2.51. The molecule has 2 atom stereocenters. The molecule has 3 rings (SSSR count). The monoisotopic (exact) mass is 345 g/mol. The molecular formula is C20H31N3O2. The normalized spacial score (nSPS) is 25.5. The summed E-state index contributed by atoms with van der Waals surface area (Å²) in [6, 6.07) is 10.7. The molecule has 2 saturated heterocycles. The third-order valence-corrected chi connectivity index (χ3v) is 5.25. The third-order valence-electron chi connectivity index (χ3n) is 5.25. The van der Waals surface area contributed by atoms with Gasteiger partial charge in [0.1, 0.15) is 0 Å². The Morgan fingerprint density at radius 2 is 1.84 bits per heavy atom. The molecule has 0 spiro atoms. The molecule has 2 unspecified atom stereocenters. The van der Waals surface area contributed by atoms with E-state index in [4.69, 9.17) is 4.74 Å². The van der Waals surface area contributed by atoms with Crippen LogP contribution in [0.3, 0.4) is 0 Å². The number of amides is 2. The van der Waals surface area contributed by atoms with Crippen LogP contribution in [0.2, 0.25) is 0 Å². The van der Waals surface area contributed by atoms with Crippen molar-refractivity contribution in [2.24, 2.45) is 0 Å². The maximum atomic E-state index is 12.4. The van der Waals surface area contributed by atoms with Crippen LogP contribution in [-0.2, 0) is 4.74 Å². The molecule has 2 heterocycles. The zero-order chi connectivity index (χ0) is 17.5. The molecule has 2 amide bonds. The zero-order valence-electron chi connectivity index (χ0n) is 15.2. The summed E-state index contributed by atoms with van der Waals surface area (Å²) < 4.78 is 5.88. The van der Waals surface area contributed by atoms with Gasteiger partial charge in [-0.05, 0) is 44.2 Å². The first-order chi connectivity index (χ1) is 12.2. The minimum Gasteiger partial charge on any atom is -0.373 e. The van der Waals surface area contributed by atoms with Gasteiger partial charge in [-0.1, -0.05) is 37.3 Å². The Morgan fingerprint density at radius 3 is 2.56 bits per heavy atom. The minimum atomic E-state index is -0.0207. The van der Waals surface area contributed by atoms with Crippen molar-refractivity contribution in [3.8, 4) is 0 Å². The maximum absolute atomic E-state index is 12.4. The smallest absolute Gasteiger partial charge is 0.315 e. The molecule has 0 bridgehead atoms. The maximum Gasteiger partial charge on any atom is 0.315 e. The van der Waals surface area contributed by atoms with E-state index in [1.807, 2.05) is 18.2 Å². The van der Waals surface area contributed by atoms with Crippen molar-refractivity contribution in [3.05, 3.63) is 35.9 Å². The highest BCUT2D eigenvalue weighted by Crippen LogP contribution is 2.27. The van der Waals surface area contributed by atoms with Crippen LogP contribution in [-0.4, -0.2) is 49.3 Å². The Bertz CT molecular complexity index is 529. The van der Waals surface area contributed by atoms with Gasteiger partial charge in [0.25, 0.3) is 0 Å². The van der Waals surface area contributed by atoms with Gasteiger partial charge in [-0.25, -0.2) is 4.79 Å². The second-order valence-electron chi connectivity index (χ2n) is 7.23. The highest BCUT2D eigenvalue weighted by molar-refractivity contribution is 5.74. The summed E-state index contributed by atoms with van der Waals surface area (Å²) in [5.74, 6) is 0. The Labute approximate surface area is 151 Å². The van der Waals surface area contributed by atoms with Gasteiger partial charge in [-0.3, -0.25) is 0 Å². The van der Waals surface area contributed by atoms with E-state index in [9.17, 15) is 4.79 Å². The quantitative estimate of drug-likeness (QED) is 0.862. The molecule has 0 saturated carbocycles. The fraction of sp³-hybridized carbons (Fsp3) is 0.650. The van der Waals surface area contributed by atoms with Crippen LogP contribution < -0.4 is 10.6 Å². The summed E-state index contributed by atoms with van der Waals surface area (Å²) in [4.78, 5) is 14.8. The molecule has 2 N–H and O–H groups in total. The second-order valence-corrected chi connectivity index (χ2v) is 7.23. The van der Waals surface area contributed by atoms with Gasteiger partial charge in [0.05, 0.1) is 6.10 Å². The predicted octanol–water partition coefficient (Wildman–Crippen LogP) is 3.08. The summed E-state index contributed by atoms with van der Waals surface area (Å²) >= 11 is 0. The molecule has 2 aliphatic heterocycles. The van der Waals surface area contributed by atoms with E-state index in [0.717, 1.165) is 38.8 Å². The van der Waals surface area contributed by atoms with Crippen molar-refractivity contribution in [2.75, 3.05) is 26.2 Å². The van der Waals surface area contributed by atoms with Crippen LogP contribution >= 0.6 is 0 Å². The van der Waals surface area contributed by atoms with Gasteiger partial charge in [0.2, 0.25) is 0 Å². The van der Waals surface area contributed by atoms with Crippen LogP contribution in [0.1, 0.15) is 50.7 Å². The van der Waals surface area contributed by atoms with Gasteiger partial charge >= 0.3 is 6.03 Å². The number of nitrogens with one attached hydrogen (secondary N) is 2. The van der Waals surface area contributed by atoms with Crippen molar-refractivity contribution in [1.82, 2.24) is 15.5 Å². The van der Waals surface area contributed by atoms with Crippen LogP contribution in [0.5, 0.6) is 0 Å². The van der Waals surface area contributed by atoms with E-state index in [1.165, 1.54) is 18.5 Å². The number of likely N-dealkylation sites (tertiary alicyclic amines) is 1. The largest absolute Gasteiger partial charge is 0.373 e. The molecule has 5 heteroatoms. The molecular weight excluding hydrogens is 314 g/mol. The summed E-state index contributed by atoms with van der Waals surface area (Å²) in [6.07, 6.45) is 5.10. The van der Waals surface area contributed by atoms with Gasteiger partial charge < -0.3 is 20.3 Å². The molecule has 2 fully saturated rings. The lowest BCUT2D eigenvalue weighted by atomic mass is 9.97. The van der Waals surface area contributed by atoms with Crippen molar-refractivity contribution in [3.63, 3.8) is 0 Å². The van der Waals surface area contributed by atoms with Crippen LogP contribution in [0, 0.1) is 0 Å². The summed E-state index contributed by atoms with van der Waals surface area (Å²) in [5.41, 5.74) is 1.19. The standard InChI is InChI=1S/C20H31N3O2/c1-2-11-23-12-8-17(9-13-23)21-20(24)22-18-10-14-25-19(15-18)16-6-4-3-5-7-16/h3-7,17-19H,2,8-15H2,1H3,(H2,21,22,24). The minimum absolute atomic E-state index is 0.0207. The molecule has 2 aliphatic rings. The van der Waals surface area contributed by atoms with Crippen molar-refractivity contribution in [2.45, 2.75) is 57.2 Å². The third kappa shape index (κ3) is 5.44. The van der Waals surface area contributed by atoms with Crippen molar-refractivity contribution in [1.29, 1.82) is 0 Å². The van der Waals surface area contributed by atoms with E-state index in [0.29, 0.717) is 12.6 Å². The van der Waals surface area contributed by atoms with Crippen LogP contribution in [0.4, 0.5) is 4.79 Å². The molecule has 138 valence electrons. The molecule has 0 aliphatic carbocycles. The number of ether oxygens (including phenoxy) is 1. The van der Waals surface area contributed by atoms with E-state index in [-0.39, 0.29) is 18.2 Å². The molecule has 25 heavy (non-hydrogen) atoms. The van der Waals surface area contributed by atoms with Crippen LogP contribution in [0.25, 0.3) is 0 Å². The average molecular weight is 345 g/mol. The first-order valence-electron chi connectivity index (χ1n) is 9.70. The fourth-order valence-corrected chi connectivity index (χ4v) is 3.86. The summed E-state index contributed by atoms with van der Waals surface area (Å²) in [6.45, 7) is 6.26. The fourth-order valence-electron chi connectivity index (χ4n) is 3.86. The average Bonchev–Trinajstić information content (AvgIpc) is 2.64. The lowest BCUT2D eigenvalue weighted by Gasteiger charge is -2.33. The summed E-state index contributed by atoms with van der Waals surface area (Å²) in [5, 5.41) is 6.32. The Kier molecular flexibility index (Phi) is 6.70. The first-order valence-corrected chi connectivity index (χ1v) is 9.70. The molecule has 1 aromatic rings. The number of urea groups is 1. The number of carbonyl (C=O) groups excluding carboxylic acids is 1. The Hall–Kier alpha value is -1.59. The number of benzene rings is 1. The van der Waals surface area contributed by atoms with Crippen molar-refractivity contribution >= 4 is 6.03 Å². The van der Waals surface area contributed by atoms with Gasteiger partial charge in [-0.2, -0.15) is 0 Å².